The van der Waals surface area contributed by atoms with Crippen LogP contribution in [0.5, 0.6) is 0 Å². The van der Waals surface area contributed by atoms with Gasteiger partial charge in [0.05, 0.1) is 6.04 Å². The fourth-order valence-corrected chi connectivity index (χ4v) is 3.00. The Bertz CT molecular complexity index is 474. The van der Waals surface area contributed by atoms with Crippen molar-refractivity contribution < 1.29 is 9.32 Å². The fraction of sp³-hybridized carbons (Fsp3) is 0.800. The van der Waals surface area contributed by atoms with Crippen molar-refractivity contribution >= 4 is 5.91 Å². The molecule has 1 fully saturated rings. The minimum Gasteiger partial charge on any atom is -0.342 e. The molecule has 0 spiro atoms. The monoisotopic (exact) mass is 294 g/mol. The normalized spacial score (nSPS) is 24.1. The van der Waals surface area contributed by atoms with Crippen molar-refractivity contribution in [1.82, 2.24) is 20.4 Å². The van der Waals surface area contributed by atoms with E-state index in [4.69, 9.17) is 4.52 Å². The minimum atomic E-state index is 0.0404. The van der Waals surface area contributed by atoms with Crippen LogP contribution >= 0.6 is 0 Å². The van der Waals surface area contributed by atoms with E-state index in [9.17, 15) is 4.79 Å². The Labute approximate surface area is 126 Å². The molecule has 0 aromatic carbocycles. The maximum Gasteiger partial charge on any atom is 0.243 e. The number of nitrogens with zero attached hydrogens (tertiary/aromatic N) is 3. The third-order valence-corrected chi connectivity index (χ3v) is 4.29. The van der Waals surface area contributed by atoms with E-state index in [-0.39, 0.29) is 11.9 Å². The quantitative estimate of drug-likeness (QED) is 0.900. The first kappa shape index (κ1) is 15.9. The number of rotatable bonds is 5. The first-order chi connectivity index (χ1) is 10.0. The molecular weight excluding hydrogens is 268 g/mol. The third kappa shape index (κ3) is 3.81. The van der Waals surface area contributed by atoms with Crippen LogP contribution in [-0.4, -0.2) is 40.1 Å². The molecule has 1 aliphatic heterocycles. The molecule has 1 amide bonds. The summed E-state index contributed by atoms with van der Waals surface area (Å²) in [6.07, 6.45) is 2.62. The van der Waals surface area contributed by atoms with Crippen LogP contribution in [0, 0.1) is 12.8 Å². The molecule has 0 radical (unpaired) electrons. The highest BCUT2D eigenvalue weighted by Crippen LogP contribution is 2.23. The highest BCUT2D eigenvalue weighted by Gasteiger charge is 2.31. The second kappa shape index (κ2) is 7.02. The largest absolute Gasteiger partial charge is 0.342 e. The summed E-state index contributed by atoms with van der Waals surface area (Å²) >= 11 is 0. The first-order valence-electron chi connectivity index (χ1n) is 7.89. The molecule has 2 rings (SSSR count). The molecule has 1 aromatic heterocycles. The van der Waals surface area contributed by atoms with E-state index in [1.165, 1.54) is 0 Å². The predicted octanol–water partition coefficient (Wildman–Crippen LogP) is 2.07. The van der Waals surface area contributed by atoms with Gasteiger partial charge in [-0.2, -0.15) is 4.98 Å². The Balaban J connectivity index is 1.95. The van der Waals surface area contributed by atoms with Gasteiger partial charge >= 0.3 is 0 Å². The molecule has 2 heterocycles. The Morgan fingerprint density at radius 1 is 1.52 bits per heavy atom. The van der Waals surface area contributed by atoms with Crippen molar-refractivity contribution in [3.8, 4) is 0 Å². The summed E-state index contributed by atoms with van der Waals surface area (Å²) in [6.45, 7) is 9.65. The summed E-state index contributed by atoms with van der Waals surface area (Å²) in [7, 11) is 0. The van der Waals surface area contributed by atoms with Crippen LogP contribution in [-0.2, 0) is 4.79 Å². The number of carbonyl (C=O) groups excluding carboxylic acids is 1. The molecule has 0 saturated carbocycles. The van der Waals surface area contributed by atoms with Gasteiger partial charge in [0.2, 0.25) is 11.8 Å². The lowest BCUT2D eigenvalue weighted by Gasteiger charge is -2.39. The Kier molecular flexibility index (Phi) is 5.33. The zero-order valence-electron chi connectivity index (χ0n) is 13.4. The average molecular weight is 294 g/mol. The van der Waals surface area contributed by atoms with Gasteiger partial charge < -0.3 is 14.7 Å². The van der Waals surface area contributed by atoms with Gasteiger partial charge in [0.1, 0.15) is 0 Å². The summed E-state index contributed by atoms with van der Waals surface area (Å²) in [4.78, 5) is 18.1. The molecule has 1 aliphatic rings. The SMILES string of the molecule is CCC(=O)N1CCC(NC(C)c2nc(C)no2)C(CC)C1. The highest BCUT2D eigenvalue weighted by atomic mass is 16.5. The van der Waals surface area contributed by atoms with E-state index in [0.29, 0.717) is 30.1 Å². The third-order valence-electron chi connectivity index (χ3n) is 4.29. The van der Waals surface area contributed by atoms with Crippen LogP contribution in [0.3, 0.4) is 0 Å². The standard InChI is InChI=1S/C15H26N4O2/c1-5-12-9-19(14(20)6-2)8-7-13(12)16-10(3)15-17-11(4)18-21-15/h10,12-13,16H,5-9H2,1-4H3. The number of hydrogen-bond acceptors (Lipinski definition) is 5. The van der Waals surface area contributed by atoms with E-state index in [1.807, 2.05) is 25.7 Å². The zero-order chi connectivity index (χ0) is 15.4. The maximum atomic E-state index is 11.9. The van der Waals surface area contributed by atoms with E-state index >= 15 is 0 Å². The lowest BCUT2D eigenvalue weighted by molar-refractivity contribution is -0.133. The lowest BCUT2D eigenvalue weighted by Crippen LogP contribution is -2.51. The average Bonchev–Trinajstić information content (AvgIpc) is 2.93. The number of hydrogen-bond donors (Lipinski definition) is 1. The zero-order valence-corrected chi connectivity index (χ0v) is 13.4. The summed E-state index contributed by atoms with van der Waals surface area (Å²) in [6, 6.07) is 0.428. The number of amides is 1. The van der Waals surface area contributed by atoms with E-state index < -0.39 is 0 Å². The Morgan fingerprint density at radius 2 is 2.29 bits per heavy atom. The van der Waals surface area contributed by atoms with E-state index in [0.717, 1.165) is 25.9 Å². The highest BCUT2D eigenvalue weighted by molar-refractivity contribution is 5.75. The second-order valence-electron chi connectivity index (χ2n) is 5.82. The number of likely N-dealkylation sites (tertiary alicyclic amines) is 1. The topological polar surface area (TPSA) is 71.3 Å². The van der Waals surface area contributed by atoms with Crippen LogP contribution in [0.4, 0.5) is 0 Å². The van der Waals surface area contributed by atoms with Crippen molar-refractivity contribution in [3.05, 3.63) is 11.7 Å². The number of piperidine rings is 1. The van der Waals surface area contributed by atoms with Crippen LogP contribution < -0.4 is 5.32 Å². The van der Waals surface area contributed by atoms with Gasteiger partial charge in [-0.25, -0.2) is 0 Å². The van der Waals surface area contributed by atoms with Gasteiger partial charge in [-0.1, -0.05) is 25.4 Å². The van der Waals surface area contributed by atoms with Crippen molar-refractivity contribution in [3.63, 3.8) is 0 Å². The van der Waals surface area contributed by atoms with Gasteiger partial charge in [0.15, 0.2) is 5.82 Å². The molecular formula is C15H26N4O2. The lowest BCUT2D eigenvalue weighted by atomic mass is 9.89. The number of nitrogens with one attached hydrogen (secondary N) is 1. The molecule has 1 N–H and O–H groups in total. The van der Waals surface area contributed by atoms with Gasteiger partial charge in [-0.15, -0.1) is 0 Å². The Hall–Kier alpha value is -1.43. The van der Waals surface area contributed by atoms with Gasteiger partial charge in [0, 0.05) is 25.6 Å². The number of aromatic nitrogens is 2. The van der Waals surface area contributed by atoms with Crippen LogP contribution in [0.2, 0.25) is 0 Å². The number of aryl methyl sites for hydroxylation is 1. The molecule has 3 unspecified atom stereocenters. The van der Waals surface area contributed by atoms with Crippen LogP contribution in [0.1, 0.15) is 57.8 Å². The number of carbonyl (C=O) groups is 1. The molecule has 21 heavy (non-hydrogen) atoms. The van der Waals surface area contributed by atoms with Crippen molar-refractivity contribution in [2.45, 2.75) is 59.0 Å². The van der Waals surface area contributed by atoms with Crippen LogP contribution in [0.15, 0.2) is 4.52 Å². The summed E-state index contributed by atoms with van der Waals surface area (Å²) in [5.74, 6) is 2.02. The molecule has 0 aliphatic carbocycles. The van der Waals surface area contributed by atoms with Crippen molar-refractivity contribution in [1.29, 1.82) is 0 Å². The molecule has 6 nitrogen and oxygen atoms in total. The summed E-state index contributed by atoms with van der Waals surface area (Å²) in [5, 5.41) is 7.43. The molecule has 0 bridgehead atoms. The predicted molar refractivity (Wildman–Crippen MR) is 79.6 cm³/mol. The molecule has 6 heteroatoms. The summed E-state index contributed by atoms with van der Waals surface area (Å²) in [5.41, 5.74) is 0. The fourth-order valence-electron chi connectivity index (χ4n) is 3.00. The molecule has 1 saturated heterocycles. The maximum absolute atomic E-state index is 11.9. The van der Waals surface area contributed by atoms with Gasteiger partial charge in [-0.3, -0.25) is 4.79 Å². The van der Waals surface area contributed by atoms with Gasteiger partial charge in [0.25, 0.3) is 0 Å². The van der Waals surface area contributed by atoms with Crippen molar-refractivity contribution in [2.24, 2.45) is 5.92 Å². The first-order valence-corrected chi connectivity index (χ1v) is 7.89. The second-order valence-corrected chi connectivity index (χ2v) is 5.82. The minimum absolute atomic E-state index is 0.0404. The van der Waals surface area contributed by atoms with Crippen LogP contribution in [0.25, 0.3) is 0 Å². The Morgan fingerprint density at radius 3 is 2.86 bits per heavy atom. The molecule has 3 atom stereocenters. The smallest absolute Gasteiger partial charge is 0.243 e. The summed E-state index contributed by atoms with van der Waals surface area (Å²) < 4.78 is 5.23. The van der Waals surface area contributed by atoms with E-state index in [2.05, 4.69) is 22.4 Å². The van der Waals surface area contributed by atoms with E-state index in [1.54, 1.807) is 0 Å². The van der Waals surface area contributed by atoms with Crippen molar-refractivity contribution in [2.75, 3.05) is 13.1 Å². The van der Waals surface area contributed by atoms with Gasteiger partial charge in [-0.05, 0) is 26.2 Å². The molecule has 1 aromatic rings. The molecule has 118 valence electrons.